The Labute approximate surface area is 166 Å². The molecule has 0 saturated carbocycles. The molecule has 3 rings (SSSR count). The van der Waals surface area contributed by atoms with Crippen molar-refractivity contribution in [2.24, 2.45) is 4.99 Å². The van der Waals surface area contributed by atoms with Gasteiger partial charge in [0.1, 0.15) is 16.3 Å². The summed E-state index contributed by atoms with van der Waals surface area (Å²) in [6.07, 6.45) is 1.61. The second-order valence-electron chi connectivity index (χ2n) is 5.66. The minimum atomic E-state index is -0.471. The SMILES string of the molecule is CCOC(=O)c1c(N=Cc2ccccc2OCC(=O)OC)sc2ccccc12. The molecule has 6 nitrogen and oxygen atoms in total. The molecule has 0 radical (unpaired) electrons. The van der Waals surface area contributed by atoms with Gasteiger partial charge >= 0.3 is 11.9 Å². The Bertz CT molecular complexity index is 1020. The largest absolute Gasteiger partial charge is 0.481 e. The van der Waals surface area contributed by atoms with Crippen LogP contribution in [0.2, 0.25) is 0 Å². The Morgan fingerprint density at radius 1 is 1.11 bits per heavy atom. The first-order valence-corrected chi connectivity index (χ1v) is 9.47. The Morgan fingerprint density at radius 3 is 2.64 bits per heavy atom. The van der Waals surface area contributed by atoms with Crippen molar-refractivity contribution < 1.29 is 23.8 Å². The van der Waals surface area contributed by atoms with Crippen molar-refractivity contribution in [1.29, 1.82) is 0 Å². The number of carbonyl (C=O) groups excluding carboxylic acids is 2. The number of nitrogens with zero attached hydrogens (tertiary/aromatic N) is 1. The van der Waals surface area contributed by atoms with E-state index in [9.17, 15) is 9.59 Å². The van der Waals surface area contributed by atoms with Gasteiger partial charge in [0.05, 0.1) is 13.7 Å². The second kappa shape index (κ2) is 9.14. The zero-order valence-corrected chi connectivity index (χ0v) is 16.3. The van der Waals surface area contributed by atoms with Gasteiger partial charge in [-0.3, -0.25) is 0 Å². The lowest BCUT2D eigenvalue weighted by molar-refractivity contribution is -0.142. The van der Waals surface area contributed by atoms with Crippen LogP contribution >= 0.6 is 11.3 Å². The van der Waals surface area contributed by atoms with Crippen molar-refractivity contribution in [2.45, 2.75) is 6.92 Å². The molecule has 2 aromatic carbocycles. The zero-order valence-electron chi connectivity index (χ0n) is 15.5. The first-order valence-electron chi connectivity index (χ1n) is 8.65. The second-order valence-corrected chi connectivity index (χ2v) is 6.69. The number of hydrogen-bond acceptors (Lipinski definition) is 7. The van der Waals surface area contributed by atoms with Crippen LogP contribution in [0.4, 0.5) is 5.00 Å². The van der Waals surface area contributed by atoms with Crippen molar-refractivity contribution in [3.8, 4) is 5.75 Å². The van der Waals surface area contributed by atoms with Gasteiger partial charge in [0.25, 0.3) is 0 Å². The van der Waals surface area contributed by atoms with E-state index in [0.29, 0.717) is 21.9 Å². The number of carbonyl (C=O) groups is 2. The number of rotatable bonds is 7. The quantitative estimate of drug-likeness (QED) is 0.437. The van der Waals surface area contributed by atoms with Crippen LogP contribution in [0.25, 0.3) is 10.1 Å². The fourth-order valence-electron chi connectivity index (χ4n) is 2.57. The molecule has 0 amide bonds. The van der Waals surface area contributed by atoms with E-state index in [2.05, 4.69) is 9.73 Å². The van der Waals surface area contributed by atoms with Gasteiger partial charge in [-0.05, 0) is 25.1 Å². The predicted molar refractivity (Wildman–Crippen MR) is 109 cm³/mol. The smallest absolute Gasteiger partial charge is 0.343 e. The summed E-state index contributed by atoms with van der Waals surface area (Å²) >= 11 is 1.41. The highest BCUT2D eigenvalue weighted by atomic mass is 32.1. The topological polar surface area (TPSA) is 74.2 Å². The number of ether oxygens (including phenoxy) is 3. The van der Waals surface area contributed by atoms with E-state index in [1.54, 1.807) is 25.3 Å². The third-order valence-corrected chi connectivity index (χ3v) is 4.95. The molecule has 1 aromatic heterocycles. The lowest BCUT2D eigenvalue weighted by Crippen LogP contribution is -2.13. The van der Waals surface area contributed by atoms with Crippen LogP contribution in [0.5, 0.6) is 5.75 Å². The Kier molecular flexibility index (Phi) is 6.39. The lowest BCUT2D eigenvalue weighted by atomic mass is 10.1. The summed E-state index contributed by atoms with van der Waals surface area (Å²) in [6, 6.07) is 14.8. The molecule has 144 valence electrons. The third kappa shape index (κ3) is 4.37. The molecule has 0 spiro atoms. The highest BCUT2D eigenvalue weighted by Crippen LogP contribution is 2.38. The van der Waals surface area contributed by atoms with E-state index < -0.39 is 11.9 Å². The van der Waals surface area contributed by atoms with Crippen LogP contribution in [0.1, 0.15) is 22.8 Å². The minimum Gasteiger partial charge on any atom is -0.481 e. The van der Waals surface area contributed by atoms with Crippen LogP contribution < -0.4 is 4.74 Å². The van der Waals surface area contributed by atoms with Crippen molar-refractivity contribution in [3.05, 3.63) is 59.7 Å². The van der Waals surface area contributed by atoms with Gasteiger partial charge in [-0.25, -0.2) is 14.6 Å². The number of methoxy groups -OCH3 is 1. The molecule has 0 bridgehead atoms. The maximum atomic E-state index is 12.5. The third-order valence-electron chi connectivity index (χ3n) is 3.87. The molecular weight excluding hydrogens is 378 g/mol. The summed E-state index contributed by atoms with van der Waals surface area (Å²) in [6.45, 7) is 1.86. The Hall–Kier alpha value is -3.19. The highest BCUT2D eigenvalue weighted by Gasteiger charge is 2.19. The van der Waals surface area contributed by atoms with Crippen molar-refractivity contribution >= 4 is 44.6 Å². The fraction of sp³-hybridized carbons (Fsp3) is 0.190. The summed E-state index contributed by atoms with van der Waals surface area (Å²) in [5.41, 5.74) is 1.13. The Morgan fingerprint density at radius 2 is 1.86 bits per heavy atom. The number of benzene rings is 2. The van der Waals surface area contributed by atoms with Crippen molar-refractivity contribution in [1.82, 2.24) is 0 Å². The average Bonchev–Trinajstić information content (AvgIpc) is 3.09. The average molecular weight is 397 g/mol. The summed E-state index contributed by atoms with van der Waals surface area (Å²) < 4.78 is 16.2. The van der Waals surface area contributed by atoms with Gasteiger partial charge in [0.15, 0.2) is 6.61 Å². The summed E-state index contributed by atoms with van der Waals surface area (Å²) in [5.74, 6) is -0.376. The summed E-state index contributed by atoms with van der Waals surface area (Å²) in [4.78, 5) is 28.3. The number of fused-ring (bicyclic) bond motifs is 1. The number of esters is 2. The van der Waals surface area contributed by atoms with Crippen LogP contribution in [0.3, 0.4) is 0 Å². The highest BCUT2D eigenvalue weighted by molar-refractivity contribution is 7.23. The monoisotopic (exact) mass is 397 g/mol. The molecule has 0 aliphatic carbocycles. The Balaban J connectivity index is 1.95. The maximum Gasteiger partial charge on any atom is 0.343 e. The molecule has 0 aliphatic heterocycles. The van der Waals surface area contributed by atoms with Gasteiger partial charge in [0.2, 0.25) is 0 Å². The fourth-order valence-corrected chi connectivity index (χ4v) is 3.60. The van der Waals surface area contributed by atoms with Crippen LogP contribution in [0, 0.1) is 0 Å². The molecule has 0 saturated heterocycles. The molecule has 0 aliphatic rings. The van der Waals surface area contributed by atoms with Gasteiger partial charge in [-0.1, -0.05) is 30.3 Å². The maximum absolute atomic E-state index is 12.5. The van der Waals surface area contributed by atoms with E-state index in [1.165, 1.54) is 18.4 Å². The number of thiophene rings is 1. The van der Waals surface area contributed by atoms with E-state index in [0.717, 1.165) is 10.1 Å². The number of hydrogen-bond donors (Lipinski definition) is 0. The van der Waals surface area contributed by atoms with Gasteiger partial charge in [-0.2, -0.15) is 0 Å². The first kappa shape index (κ1) is 19.6. The van der Waals surface area contributed by atoms with Crippen LogP contribution in [-0.2, 0) is 14.3 Å². The molecule has 7 heteroatoms. The molecule has 0 fully saturated rings. The molecule has 1 heterocycles. The van der Waals surface area contributed by atoms with E-state index in [4.69, 9.17) is 9.47 Å². The molecule has 28 heavy (non-hydrogen) atoms. The predicted octanol–water partition coefficient (Wildman–Crippen LogP) is 4.38. The van der Waals surface area contributed by atoms with Gasteiger partial charge in [-0.15, -0.1) is 11.3 Å². The van der Waals surface area contributed by atoms with Crippen LogP contribution in [-0.4, -0.2) is 38.5 Å². The van der Waals surface area contributed by atoms with Gasteiger partial charge in [0, 0.05) is 21.9 Å². The molecule has 0 atom stereocenters. The molecule has 3 aromatic rings. The van der Waals surface area contributed by atoms with Crippen molar-refractivity contribution in [2.75, 3.05) is 20.3 Å². The van der Waals surface area contributed by atoms with Gasteiger partial charge < -0.3 is 14.2 Å². The summed E-state index contributed by atoms with van der Waals surface area (Å²) in [7, 11) is 1.30. The summed E-state index contributed by atoms with van der Waals surface area (Å²) in [5, 5.41) is 1.37. The lowest BCUT2D eigenvalue weighted by Gasteiger charge is -2.07. The van der Waals surface area contributed by atoms with E-state index in [-0.39, 0.29) is 13.2 Å². The minimum absolute atomic E-state index is 0.196. The number of para-hydroxylation sites is 1. The van der Waals surface area contributed by atoms with E-state index >= 15 is 0 Å². The van der Waals surface area contributed by atoms with Crippen molar-refractivity contribution in [3.63, 3.8) is 0 Å². The van der Waals surface area contributed by atoms with E-state index in [1.807, 2.05) is 36.4 Å². The normalized spacial score (nSPS) is 10.9. The molecule has 0 unspecified atom stereocenters. The molecule has 0 N–H and O–H groups in total. The standard InChI is InChI=1S/C21H19NO5S/c1-3-26-21(24)19-15-9-5-7-11-17(15)28-20(19)22-12-14-8-4-6-10-16(14)27-13-18(23)25-2/h4-12H,3,13H2,1-2H3. The first-order chi connectivity index (χ1) is 13.6. The molecular formula is C21H19NO5S. The number of aliphatic imine (C=N–C) groups is 1. The zero-order chi connectivity index (χ0) is 19.9. The van der Waals surface area contributed by atoms with Crippen LogP contribution in [0.15, 0.2) is 53.5 Å².